The summed E-state index contributed by atoms with van der Waals surface area (Å²) in [5.41, 5.74) is 1.31. The molecule has 0 rings (SSSR count). The summed E-state index contributed by atoms with van der Waals surface area (Å²) >= 11 is 0. The van der Waals surface area contributed by atoms with E-state index in [0.717, 1.165) is 6.42 Å². The topological polar surface area (TPSA) is 37.3 Å². The summed E-state index contributed by atoms with van der Waals surface area (Å²) in [6.07, 6.45) is 6.18. The zero-order valence-electron chi connectivity index (χ0n) is 9.45. The van der Waals surface area contributed by atoms with Gasteiger partial charge in [0, 0.05) is 6.08 Å². The molecule has 2 atom stereocenters. The third-order valence-corrected chi connectivity index (χ3v) is 1.93. The predicted octanol–water partition coefficient (Wildman–Crippen LogP) is 3.26. The maximum Gasteiger partial charge on any atom is 0.327 e. The summed E-state index contributed by atoms with van der Waals surface area (Å²) in [4.78, 5) is 10.3. The molecule has 0 amide bonds. The van der Waals surface area contributed by atoms with Gasteiger partial charge in [-0.1, -0.05) is 31.6 Å². The lowest BCUT2D eigenvalue weighted by Gasteiger charge is -2.10. The maximum atomic E-state index is 10.3. The van der Waals surface area contributed by atoms with Gasteiger partial charge in [-0.3, -0.25) is 0 Å². The Morgan fingerprint density at radius 1 is 1.29 bits per heavy atom. The fourth-order valence-electron chi connectivity index (χ4n) is 1.55. The number of hydrogen-bond donors (Lipinski definition) is 1. The Labute approximate surface area is 86.3 Å². The van der Waals surface area contributed by atoms with E-state index in [9.17, 15) is 4.79 Å². The van der Waals surface area contributed by atoms with Gasteiger partial charge in [0.15, 0.2) is 0 Å². The first-order valence-corrected chi connectivity index (χ1v) is 4.98. The summed E-state index contributed by atoms with van der Waals surface area (Å²) in [7, 11) is 0. The number of hydrogen-bond acceptors (Lipinski definition) is 1. The molecule has 0 aromatic heterocycles. The molecule has 0 aromatic rings. The molecule has 0 aromatic carbocycles. The molecular formula is C12H20O2. The van der Waals surface area contributed by atoms with Crippen molar-refractivity contribution < 1.29 is 9.90 Å². The van der Waals surface area contributed by atoms with Crippen molar-refractivity contribution in [3.05, 3.63) is 23.8 Å². The normalized spacial score (nSPS) is 15.1. The van der Waals surface area contributed by atoms with Gasteiger partial charge in [-0.05, 0) is 32.1 Å². The van der Waals surface area contributed by atoms with Gasteiger partial charge in [0.05, 0.1) is 0 Å². The Morgan fingerprint density at radius 2 is 1.86 bits per heavy atom. The summed E-state index contributed by atoms with van der Waals surface area (Å²) in [6.45, 7) is 8.34. The van der Waals surface area contributed by atoms with E-state index in [2.05, 4.69) is 26.8 Å². The molecule has 0 fully saturated rings. The van der Waals surface area contributed by atoms with Gasteiger partial charge in [-0.2, -0.15) is 0 Å². The number of carbonyl (C=O) groups is 1. The highest BCUT2D eigenvalue weighted by Crippen LogP contribution is 2.15. The van der Waals surface area contributed by atoms with Crippen molar-refractivity contribution in [1.82, 2.24) is 0 Å². The van der Waals surface area contributed by atoms with Gasteiger partial charge in [-0.25, -0.2) is 4.79 Å². The van der Waals surface area contributed by atoms with Crippen LogP contribution in [0.5, 0.6) is 0 Å². The van der Waals surface area contributed by atoms with E-state index in [1.54, 1.807) is 6.08 Å². The van der Waals surface area contributed by atoms with Crippen molar-refractivity contribution in [2.75, 3.05) is 0 Å². The van der Waals surface area contributed by atoms with E-state index in [-0.39, 0.29) is 0 Å². The van der Waals surface area contributed by atoms with E-state index < -0.39 is 5.97 Å². The Bertz CT molecular complexity index is 235. The molecule has 80 valence electrons. The second-order valence-corrected chi connectivity index (χ2v) is 4.13. The predicted molar refractivity (Wildman–Crippen MR) is 59.2 cm³/mol. The fourth-order valence-corrected chi connectivity index (χ4v) is 1.55. The average Bonchev–Trinajstić information content (AvgIpc) is 1.98. The summed E-state index contributed by atoms with van der Waals surface area (Å²) in [5.74, 6) is -0.0446. The van der Waals surface area contributed by atoms with Gasteiger partial charge >= 0.3 is 5.97 Å². The number of rotatable bonds is 5. The molecule has 14 heavy (non-hydrogen) atoms. The first-order chi connectivity index (χ1) is 6.41. The fraction of sp³-hybridized carbons (Fsp3) is 0.583. The van der Waals surface area contributed by atoms with Crippen molar-refractivity contribution in [3.8, 4) is 0 Å². The molecule has 0 bridgehead atoms. The van der Waals surface area contributed by atoms with Crippen LogP contribution in [0.3, 0.4) is 0 Å². The van der Waals surface area contributed by atoms with Crippen molar-refractivity contribution in [1.29, 1.82) is 0 Å². The quantitative estimate of drug-likeness (QED) is 0.541. The minimum Gasteiger partial charge on any atom is -0.478 e. The van der Waals surface area contributed by atoms with Crippen molar-refractivity contribution in [2.24, 2.45) is 11.8 Å². The SMILES string of the molecule is CC(C)=C[C@@H](C)C[C@H](C)/C=C/C(=O)O. The van der Waals surface area contributed by atoms with Crippen LogP contribution < -0.4 is 0 Å². The molecule has 0 unspecified atom stereocenters. The molecule has 0 aliphatic rings. The largest absolute Gasteiger partial charge is 0.478 e. The molecule has 0 aliphatic carbocycles. The summed E-state index contributed by atoms with van der Waals surface area (Å²) < 4.78 is 0. The lowest BCUT2D eigenvalue weighted by molar-refractivity contribution is -0.131. The van der Waals surface area contributed by atoms with Gasteiger partial charge in [0.1, 0.15) is 0 Å². The van der Waals surface area contributed by atoms with E-state index >= 15 is 0 Å². The molecule has 1 N–H and O–H groups in total. The van der Waals surface area contributed by atoms with Crippen LogP contribution in [-0.4, -0.2) is 11.1 Å². The summed E-state index contributed by atoms with van der Waals surface area (Å²) in [6, 6.07) is 0. The third kappa shape index (κ3) is 7.59. The molecule has 0 saturated carbocycles. The van der Waals surface area contributed by atoms with Gasteiger partial charge in [-0.15, -0.1) is 0 Å². The second-order valence-electron chi connectivity index (χ2n) is 4.13. The van der Waals surface area contributed by atoms with Crippen LogP contribution in [0.25, 0.3) is 0 Å². The zero-order chi connectivity index (χ0) is 11.1. The minimum atomic E-state index is -0.869. The number of carboxylic acid groups (broad SMARTS) is 1. The number of carboxylic acids is 1. The molecule has 0 aliphatic heterocycles. The average molecular weight is 196 g/mol. The van der Waals surface area contributed by atoms with Crippen LogP contribution in [0.4, 0.5) is 0 Å². The number of aliphatic carboxylic acids is 1. The molecule has 0 radical (unpaired) electrons. The zero-order valence-corrected chi connectivity index (χ0v) is 9.45. The first kappa shape index (κ1) is 12.9. The Morgan fingerprint density at radius 3 is 2.29 bits per heavy atom. The van der Waals surface area contributed by atoms with Gasteiger partial charge < -0.3 is 5.11 Å². The standard InChI is InChI=1S/C12H20O2/c1-9(2)7-11(4)8-10(3)5-6-12(13)14/h5-7,10-11H,8H2,1-4H3,(H,13,14)/b6-5+/t10-,11-/m1/s1. The summed E-state index contributed by atoms with van der Waals surface area (Å²) in [5, 5.41) is 8.44. The highest BCUT2D eigenvalue weighted by molar-refractivity contribution is 5.79. The van der Waals surface area contributed by atoms with E-state index in [0.29, 0.717) is 11.8 Å². The highest BCUT2D eigenvalue weighted by atomic mass is 16.4. The Kier molecular flexibility index (Phi) is 5.93. The van der Waals surface area contributed by atoms with Crippen LogP contribution in [0.1, 0.15) is 34.1 Å². The molecule has 0 heterocycles. The maximum absolute atomic E-state index is 10.3. The second kappa shape index (κ2) is 6.41. The lowest BCUT2D eigenvalue weighted by atomic mass is 9.95. The van der Waals surface area contributed by atoms with Crippen molar-refractivity contribution in [2.45, 2.75) is 34.1 Å². The Balaban J connectivity index is 4.00. The monoisotopic (exact) mass is 196 g/mol. The molecule has 0 saturated heterocycles. The molecule has 0 spiro atoms. The Hall–Kier alpha value is -1.05. The van der Waals surface area contributed by atoms with Crippen LogP contribution in [0, 0.1) is 11.8 Å². The van der Waals surface area contributed by atoms with E-state index in [4.69, 9.17) is 5.11 Å². The number of allylic oxidation sites excluding steroid dienone is 3. The van der Waals surface area contributed by atoms with Crippen LogP contribution >= 0.6 is 0 Å². The van der Waals surface area contributed by atoms with Gasteiger partial charge in [0.2, 0.25) is 0 Å². The van der Waals surface area contributed by atoms with Gasteiger partial charge in [0.25, 0.3) is 0 Å². The van der Waals surface area contributed by atoms with Crippen LogP contribution in [-0.2, 0) is 4.79 Å². The molecule has 2 nitrogen and oxygen atoms in total. The van der Waals surface area contributed by atoms with E-state index in [1.807, 2.05) is 6.92 Å². The first-order valence-electron chi connectivity index (χ1n) is 4.98. The van der Waals surface area contributed by atoms with E-state index in [1.165, 1.54) is 11.6 Å². The molecule has 2 heteroatoms. The lowest BCUT2D eigenvalue weighted by Crippen LogP contribution is -1.99. The third-order valence-electron chi connectivity index (χ3n) is 1.93. The van der Waals surface area contributed by atoms with Crippen LogP contribution in [0.15, 0.2) is 23.8 Å². The minimum absolute atomic E-state index is 0.316. The van der Waals surface area contributed by atoms with Crippen molar-refractivity contribution >= 4 is 5.97 Å². The van der Waals surface area contributed by atoms with Crippen LogP contribution in [0.2, 0.25) is 0 Å². The smallest absolute Gasteiger partial charge is 0.327 e. The molecular weight excluding hydrogens is 176 g/mol. The van der Waals surface area contributed by atoms with Crippen molar-refractivity contribution in [3.63, 3.8) is 0 Å². The highest BCUT2D eigenvalue weighted by Gasteiger charge is 2.03.